The molecule has 0 spiro atoms. The molecule has 1 atom stereocenters. The molecule has 4 rings (SSSR count). The Bertz CT molecular complexity index is 987. The van der Waals surface area contributed by atoms with Gasteiger partial charge in [-0.15, -0.1) is 0 Å². The van der Waals surface area contributed by atoms with Gasteiger partial charge in [-0.25, -0.2) is 15.0 Å². The molecule has 0 fully saturated rings. The third-order valence-electron chi connectivity index (χ3n) is 4.67. The number of nitrogen functional groups attached to an aromatic ring is 1. The van der Waals surface area contributed by atoms with Crippen LogP contribution in [0.3, 0.4) is 0 Å². The van der Waals surface area contributed by atoms with Crippen LogP contribution in [0.15, 0.2) is 48.7 Å². The lowest BCUT2D eigenvalue weighted by Crippen LogP contribution is -2.21. The maximum absolute atomic E-state index is 12.6. The number of benzene rings is 1. The Labute approximate surface area is 151 Å². The molecule has 0 bridgehead atoms. The number of aromatic nitrogens is 3. The van der Waals surface area contributed by atoms with Crippen LogP contribution in [0.1, 0.15) is 34.0 Å². The Kier molecular flexibility index (Phi) is 4.08. The predicted molar refractivity (Wildman–Crippen MR) is 98.1 cm³/mol. The normalized spacial score (nSPS) is 16.2. The summed E-state index contributed by atoms with van der Waals surface area (Å²) in [6.07, 6.45) is 2.60. The molecule has 26 heavy (non-hydrogen) atoms. The molecular formula is C20H18N4O2. The van der Waals surface area contributed by atoms with Gasteiger partial charge in [0.2, 0.25) is 11.8 Å². The highest BCUT2D eigenvalue weighted by Gasteiger charge is 2.29. The van der Waals surface area contributed by atoms with Gasteiger partial charge >= 0.3 is 0 Å². The summed E-state index contributed by atoms with van der Waals surface area (Å²) >= 11 is 0. The highest BCUT2D eigenvalue weighted by atomic mass is 16.5. The largest absolute Gasteiger partial charge is 0.481 e. The number of rotatable bonds is 3. The number of hydrogen-bond donors (Lipinski definition) is 1. The molecule has 1 aliphatic rings. The van der Waals surface area contributed by atoms with Crippen LogP contribution >= 0.6 is 0 Å². The van der Waals surface area contributed by atoms with E-state index in [0.717, 1.165) is 16.8 Å². The average Bonchev–Trinajstić information content (AvgIpc) is 2.67. The first-order valence-electron chi connectivity index (χ1n) is 8.40. The number of ketones is 1. The van der Waals surface area contributed by atoms with Gasteiger partial charge in [0, 0.05) is 24.2 Å². The molecule has 1 aliphatic carbocycles. The highest BCUT2D eigenvalue weighted by molar-refractivity contribution is 5.98. The topological polar surface area (TPSA) is 91.0 Å². The van der Waals surface area contributed by atoms with E-state index in [-0.39, 0.29) is 17.6 Å². The minimum atomic E-state index is 0.0218. The van der Waals surface area contributed by atoms with Crippen LogP contribution in [0.2, 0.25) is 0 Å². The van der Waals surface area contributed by atoms with Crippen molar-refractivity contribution in [2.75, 3.05) is 12.8 Å². The number of anilines is 1. The summed E-state index contributed by atoms with van der Waals surface area (Å²) in [6, 6.07) is 13.7. The van der Waals surface area contributed by atoms with Crippen LogP contribution in [0, 0.1) is 0 Å². The Balaban J connectivity index is 1.76. The Morgan fingerprint density at radius 3 is 2.73 bits per heavy atom. The number of nitrogens with two attached hydrogens (primary N) is 1. The van der Waals surface area contributed by atoms with Crippen molar-refractivity contribution in [2.45, 2.75) is 18.8 Å². The van der Waals surface area contributed by atoms with Gasteiger partial charge in [-0.2, -0.15) is 0 Å². The molecule has 6 nitrogen and oxygen atoms in total. The highest BCUT2D eigenvalue weighted by Crippen LogP contribution is 2.37. The third-order valence-corrected chi connectivity index (χ3v) is 4.67. The molecule has 0 amide bonds. The molecule has 0 aliphatic heterocycles. The van der Waals surface area contributed by atoms with Gasteiger partial charge in [0.15, 0.2) is 5.78 Å². The predicted octanol–water partition coefficient (Wildman–Crippen LogP) is 3.04. The van der Waals surface area contributed by atoms with Gasteiger partial charge in [0.25, 0.3) is 0 Å². The molecule has 3 aromatic rings. The van der Waals surface area contributed by atoms with Gasteiger partial charge in [-0.05, 0) is 24.0 Å². The van der Waals surface area contributed by atoms with E-state index >= 15 is 0 Å². The second-order valence-electron chi connectivity index (χ2n) is 6.27. The molecule has 0 radical (unpaired) electrons. The minimum absolute atomic E-state index is 0.0218. The standard InChI is InChI=1S/C20H18N4O2/c1-26-19-8-4-7-16(23-19)14-6-3-2-5-13(14)12-9-17-15(18(25)10-12)11-22-20(21)24-17/h2-8,11-12H,9-10H2,1H3,(H2,21,22,24). The number of pyridine rings is 1. The molecule has 0 saturated carbocycles. The molecule has 6 heteroatoms. The van der Waals surface area contributed by atoms with Crippen LogP contribution in [-0.2, 0) is 6.42 Å². The summed E-state index contributed by atoms with van der Waals surface area (Å²) in [5.74, 6) is 0.820. The lowest BCUT2D eigenvalue weighted by atomic mass is 9.80. The van der Waals surface area contributed by atoms with Gasteiger partial charge in [0.05, 0.1) is 24.1 Å². The zero-order valence-corrected chi connectivity index (χ0v) is 14.3. The van der Waals surface area contributed by atoms with Crippen LogP contribution in [0.4, 0.5) is 5.95 Å². The monoisotopic (exact) mass is 346 g/mol. The molecule has 2 aromatic heterocycles. The average molecular weight is 346 g/mol. The van der Waals surface area contributed by atoms with E-state index in [9.17, 15) is 4.79 Å². The first-order valence-corrected chi connectivity index (χ1v) is 8.40. The van der Waals surface area contributed by atoms with Crippen molar-refractivity contribution < 1.29 is 9.53 Å². The Morgan fingerprint density at radius 1 is 1.04 bits per heavy atom. The van der Waals surface area contributed by atoms with Crippen LogP contribution in [0.25, 0.3) is 11.3 Å². The second-order valence-corrected chi connectivity index (χ2v) is 6.27. The van der Waals surface area contributed by atoms with Crippen molar-refractivity contribution in [1.29, 1.82) is 0 Å². The zero-order valence-electron chi connectivity index (χ0n) is 14.3. The molecule has 2 heterocycles. The lowest BCUT2D eigenvalue weighted by Gasteiger charge is -2.25. The molecule has 130 valence electrons. The minimum Gasteiger partial charge on any atom is -0.481 e. The molecular weight excluding hydrogens is 328 g/mol. The summed E-state index contributed by atoms with van der Waals surface area (Å²) < 4.78 is 5.24. The van der Waals surface area contributed by atoms with E-state index in [0.29, 0.717) is 30.0 Å². The number of fused-ring (bicyclic) bond motifs is 1. The van der Waals surface area contributed by atoms with Crippen molar-refractivity contribution in [3.05, 3.63) is 65.5 Å². The fraction of sp³-hybridized carbons (Fsp3) is 0.200. The number of methoxy groups -OCH3 is 1. The third kappa shape index (κ3) is 2.90. The van der Waals surface area contributed by atoms with Crippen molar-refractivity contribution in [2.24, 2.45) is 0 Å². The van der Waals surface area contributed by atoms with E-state index in [2.05, 4.69) is 15.0 Å². The molecule has 0 saturated heterocycles. The number of ether oxygens (including phenoxy) is 1. The number of nitrogens with zero attached hydrogens (tertiary/aromatic N) is 3. The van der Waals surface area contributed by atoms with E-state index in [1.54, 1.807) is 7.11 Å². The van der Waals surface area contributed by atoms with Crippen molar-refractivity contribution >= 4 is 11.7 Å². The van der Waals surface area contributed by atoms with E-state index in [1.807, 2.05) is 42.5 Å². The Hall–Kier alpha value is -3.28. The van der Waals surface area contributed by atoms with Gasteiger partial charge < -0.3 is 10.5 Å². The van der Waals surface area contributed by atoms with E-state index in [1.165, 1.54) is 6.20 Å². The molecule has 1 aromatic carbocycles. The lowest BCUT2D eigenvalue weighted by molar-refractivity contribution is 0.0963. The van der Waals surface area contributed by atoms with Crippen molar-refractivity contribution in [3.63, 3.8) is 0 Å². The maximum atomic E-state index is 12.6. The summed E-state index contributed by atoms with van der Waals surface area (Å²) in [7, 11) is 1.60. The van der Waals surface area contributed by atoms with Crippen LogP contribution in [-0.4, -0.2) is 27.8 Å². The van der Waals surface area contributed by atoms with Gasteiger partial charge in [-0.3, -0.25) is 4.79 Å². The molecule has 1 unspecified atom stereocenters. The number of hydrogen-bond acceptors (Lipinski definition) is 6. The fourth-order valence-corrected chi connectivity index (χ4v) is 3.45. The fourth-order valence-electron chi connectivity index (χ4n) is 3.45. The first-order chi connectivity index (χ1) is 12.7. The number of Topliss-reactive ketones (excluding diaryl/α,β-unsaturated/α-hetero) is 1. The number of carbonyl (C=O) groups excluding carboxylic acids is 1. The quantitative estimate of drug-likeness (QED) is 0.784. The SMILES string of the molecule is COc1cccc(-c2ccccc2C2CC(=O)c3cnc(N)nc3C2)n1. The van der Waals surface area contributed by atoms with Crippen molar-refractivity contribution in [1.82, 2.24) is 15.0 Å². The summed E-state index contributed by atoms with van der Waals surface area (Å²) in [4.78, 5) is 25.3. The van der Waals surface area contributed by atoms with Crippen LogP contribution in [0.5, 0.6) is 5.88 Å². The zero-order chi connectivity index (χ0) is 18.1. The number of carbonyl (C=O) groups is 1. The van der Waals surface area contributed by atoms with Crippen LogP contribution < -0.4 is 10.5 Å². The summed E-state index contributed by atoms with van der Waals surface area (Å²) in [6.45, 7) is 0. The Morgan fingerprint density at radius 2 is 1.88 bits per heavy atom. The summed E-state index contributed by atoms with van der Waals surface area (Å²) in [5.41, 5.74) is 9.89. The smallest absolute Gasteiger partial charge is 0.220 e. The second kappa shape index (κ2) is 6.55. The van der Waals surface area contributed by atoms with E-state index in [4.69, 9.17) is 10.5 Å². The molecule has 2 N–H and O–H groups in total. The van der Waals surface area contributed by atoms with Gasteiger partial charge in [0.1, 0.15) is 0 Å². The maximum Gasteiger partial charge on any atom is 0.220 e. The first kappa shape index (κ1) is 16.2. The van der Waals surface area contributed by atoms with E-state index < -0.39 is 0 Å². The van der Waals surface area contributed by atoms with Crippen molar-refractivity contribution in [3.8, 4) is 17.1 Å². The van der Waals surface area contributed by atoms with Gasteiger partial charge in [-0.1, -0.05) is 30.3 Å². The summed E-state index contributed by atoms with van der Waals surface area (Å²) in [5, 5.41) is 0.